The Hall–Kier alpha value is -2.79. The number of fused-ring (bicyclic) bond motifs is 3. The highest BCUT2D eigenvalue weighted by atomic mass is 32.1. The van der Waals surface area contributed by atoms with Gasteiger partial charge in [-0.1, -0.05) is 36.4 Å². The van der Waals surface area contributed by atoms with E-state index in [2.05, 4.69) is 23.6 Å². The molecule has 1 N–H and O–H groups in total. The van der Waals surface area contributed by atoms with Crippen molar-refractivity contribution in [2.75, 3.05) is 0 Å². The molecule has 3 aromatic rings. The highest BCUT2D eigenvalue weighted by molar-refractivity contribution is 7.12. The lowest BCUT2D eigenvalue weighted by atomic mass is 9.98. The molecule has 124 valence electrons. The topological polar surface area (TPSA) is 45.1 Å². The molecule has 0 bridgehead atoms. The van der Waals surface area contributed by atoms with Crippen molar-refractivity contribution in [3.8, 4) is 11.5 Å². The van der Waals surface area contributed by atoms with Gasteiger partial charge in [-0.25, -0.2) is 5.01 Å². The Kier molecular flexibility index (Phi) is 3.28. The number of ether oxygens (including phenoxy) is 1. The third-order valence-corrected chi connectivity index (χ3v) is 5.58. The lowest BCUT2D eigenvalue weighted by molar-refractivity contribution is -0.0191. The number of phenols is 1. The van der Waals surface area contributed by atoms with Crippen LogP contribution in [0, 0.1) is 0 Å². The summed E-state index contributed by atoms with van der Waals surface area (Å²) in [6.07, 6.45) is 0.514. The molecule has 5 heteroatoms. The monoisotopic (exact) mass is 348 g/mol. The number of benzene rings is 2. The minimum absolute atomic E-state index is 0.148. The maximum absolute atomic E-state index is 9.87. The molecule has 0 fully saturated rings. The third kappa shape index (κ3) is 2.39. The predicted molar refractivity (Wildman–Crippen MR) is 98.0 cm³/mol. The van der Waals surface area contributed by atoms with E-state index in [1.165, 1.54) is 4.88 Å². The van der Waals surface area contributed by atoms with E-state index in [9.17, 15) is 5.11 Å². The van der Waals surface area contributed by atoms with Crippen LogP contribution in [0.25, 0.3) is 0 Å². The van der Waals surface area contributed by atoms with Crippen molar-refractivity contribution in [1.29, 1.82) is 0 Å². The first kappa shape index (κ1) is 14.5. The van der Waals surface area contributed by atoms with Gasteiger partial charge in [-0.2, -0.15) is 5.10 Å². The van der Waals surface area contributed by atoms with Crippen LogP contribution in [0.15, 0.2) is 71.1 Å². The zero-order valence-electron chi connectivity index (χ0n) is 13.4. The van der Waals surface area contributed by atoms with Crippen LogP contribution in [-0.2, 0) is 0 Å². The number of thiophene rings is 1. The summed E-state index contributed by atoms with van der Waals surface area (Å²) in [5, 5.41) is 18.9. The van der Waals surface area contributed by atoms with Crippen LogP contribution in [0.1, 0.15) is 34.7 Å². The minimum atomic E-state index is -0.343. The van der Waals surface area contributed by atoms with Gasteiger partial charge in [0.25, 0.3) is 0 Å². The van der Waals surface area contributed by atoms with Gasteiger partial charge in [0.1, 0.15) is 11.5 Å². The molecule has 0 unspecified atom stereocenters. The van der Waals surface area contributed by atoms with E-state index in [1.54, 1.807) is 23.5 Å². The van der Waals surface area contributed by atoms with E-state index in [-0.39, 0.29) is 18.0 Å². The van der Waals surface area contributed by atoms with Crippen LogP contribution in [-0.4, -0.2) is 15.8 Å². The second kappa shape index (κ2) is 5.63. The van der Waals surface area contributed by atoms with Crippen molar-refractivity contribution in [2.24, 2.45) is 5.10 Å². The second-order valence-corrected chi connectivity index (χ2v) is 7.17. The van der Waals surface area contributed by atoms with Gasteiger partial charge in [-0.15, -0.1) is 11.3 Å². The summed E-state index contributed by atoms with van der Waals surface area (Å²) >= 11 is 1.71. The fraction of sp³-hybridized carbons (Fsp3) is 0.150. The van der Waals surface area contributed by atoms with E-state index in [1.807, 2.05) is 35.3 Å². The number of para-hydroxylation sites is 1. The van der Waals surface area contributed by atoms with E-state index in [4.69, 9.17) is 9.84 Å². The maximum Gasteiger partial charge on any atom is 0.214 e. The van der Waals surface area contributed by atoms with Gasteiger partial charge < -0.3 is 9.84 Å². The molecule has 0 spiro atoms. The van der Waals surface area contributed by atoms with Crippen molar-refractivity contribution in [2.45, 2.75) is 18.7 Å². The SMILES string of the molecule is Oc1cccc([C@H]2Oc3ccccc3[C@@H]3CC(c4cccs4)=NN23)c1. The van der Waals surface area contributed by atoms with Gasteiger partial charge in [0.05, 0.1) is 16.6 Å². The smallest absolute Gasteiger partial charge is 0.214 e. The molecule has 2 aliphatic heterocycles. The van der Waals surface area contributed by atoms with Gasteiger partial charge in [0.15, 0.2) is 0 Å². The van der Waals surface area contributed by atoms with Crippen LogP contribution in [0.5, 0.6) is 11.5 Å². The molecular weight excluding hydrogens is 332 g/mol. The van der Waals surface area contributed by atoms with Crippen LogP contribution >= 0.6 is 11.3 Å². The Morgan fingerprint density at radius 2 is 2.00 bits per heavy atom. The zero-order chi connectivity index (χ0) is 16.8. The van der Waals surface area contributed by atoms with Crippen LogP contribution in [0.4, 0.5) is 0 Å². The average molecular weight is 348 g/mol. The molecule has 0 amide bonds. The number of nitrogens with zero attached hydrogens (tertiary/aromatic N) is 2. The van der Waals surface area contributed by atoms with Gasteiger partial charge >= 0.3 is 0 Å². The average Bonchev–Trinajstić information content (AvgIpc) is 3.30. The van der Waals surface area contributed by atoms with Crippen molar-refractivity contribution in [1.82, 2.24) is 5.01 Å². The highest BCUT2D eigenvalue weighted by Crippen LogP contribution is 2.47. The van der Waals surface area contributed by atoms with Crippen molar-refractivity contribution < 1.29 is 9.84 Å². The van der Waals surface area contributed by atoms with E-state index in [0.29, 0.717) is 0 Å². The normalized spacial score (nSPS) is 21.3. The number of aromatic hydroxyl groups is 1. The molecule has 0 saturated heterocycles. The number of rotatable bonds is 2. The molecule has 2 atom stereocenters. The number of hydrogen-bond donors (Lipinski definition) is 1. The highest BCUT2D eigenvalue weighted by Gasteiger charge is 2.41. The summed E-state index contributed by atoms with van der Waals surface area (Å²) in [6.45, 7) is 0. The number of hydrazone groups is 1. The summed E-state index contributed by atoms with van der Waals surface area (Å²) in [5.74, 6) is 1.12. The summed E-state index contributed by atoms with van der Waals surface area (Å²) < 4.78 is 6.26. The molecule has 2 aromatic carbocycles. The molecular formula is C20H16N2O2S. The molecule has 3 heterocycles. The van der Waals surface area contributed by atoms with E-state index < -0.39 is 0 Å². The fourth-order valence-electron chi connectivity index (χ4n) is 3.52. The Morgan fingerprint density at radius 3 is 2.84 bits per heavy atom. The van der Waals surface area contributed by atoms with Crippen LogP contribution in [0.2, 0.25) is 0 Å². The number of phenolic OH excluding ortho intramolecular Hbond substituents is 1. The van der Waals surface area contributed by atoms with Crippen molar-refractivity contribution in [3.63, 3.8) is 0 Å². The summed E-state index contributed by atoms with van der Waals surface area (Å²) in [4.78, 5) is 1.20. The molecule has 0 aliphatic carbocycles. The Balaban J connectivity index is 1.62. The lowest BCUT2D eigenvalue weighted by Gasteiger charge is -2.38. The molecule has 1 aromatic heterocycles. The van der Waals surface area contributed by atoms with E-state index in [0.717, 1.165) is 29.0 Å². The first-order valence-corrected chi connectivity index (χ1v) is 9.12. The van der Waals surface area contributed by atoms with Gasteiger partial charge in [-0.3, -0.25) is 0 Å². The van der Waals surface area contributed by atoms with Crippen molar-refractivity contribution >= 4 is 17.0 Å². The quantitative estimate of drug-likeness (QED) is 0.730. The predicted octanol–water partition coefficient (Wildman–Crippen LogP) is 4.70. The first-order valence-electron chi connectivity index (χ1n) is 8.24. The Bertz CT molecular complexity index is 952. The number of hydrogen-bond acceptors (Lipinski definition) is 5. The van der Waals surface area contributed by atoms with Crippen LogP contribution < -0.4 is 4.74 Å². The standard InChI is InChI=1S/C20H16N2O2S/c23-14-6-3-5-13(11-14)20-22-17(15-7-1-2-8-18(15)24-20)12-16(21-22)19-9-4-10-25-19/h1-11,17,20,23H,12H2/t17-,20+/m0/s1. The largest absolute Gasteiger partial charge is 0.508 e. The Morgan fingerprint density at radius 1 is 1.08 bits per heavy atom. The third-order valence-electron chi connectivity index (χ3n) is 4.66. The van der Waals surface area contributed by atoms with Gasteiger partial charge in [0.2, 0.25) is 6.23 Å². The first-order chi connectivity index (χ1) is 12.3. The Labute approximate surface area is 149 Å². The van der Waals surface area contributed by atoms with Crippen molar-refractivity contribution in [3.05, 3.63) is 82.0 Å². The summed E-state index contributed by atoms with van der Waals surface area (Å²) in [7, 11) is 0. The molecule has 5 rings (SSSR count). The summed E-state index contributed by atoms with van der Waals surface area (Å²) in [5.41, 5.74) is 3.15. The molecule has 25 heavy (non-hydrogen) atoms. The maximum atomic E-state index is 9.87. The molecule has 0 radical (unpaired) electrons. The van der Waals surface area contributed by atoms with Gasteiger partial charge in [0, 0.05) is 17.5 Å². The van der Waals surface area contributed by atoms with Crippen LogP contribution in [0.3, 0.4) is 0 Å². The zero-order valence-corrected chi connectivity index (χ0v) is 14.2. The molecule has 2 aliphatic rings. The molecule has 4 nitrogen and oxygen atoms in total. The fourth-order valence-corrected chi connectivity index (χ4v) is 4.25. The van der Waals surface area contributed by atoms with E-state index >= 15 is 0 Å². The summed E-state index contributed by atoms with van der Waals surface area (Å²) in [6, 6.07) is 19.7. The minimum Gasteiger partial charge on any atom is -0.508 e. The van der Waals surface area contributed by atoms with Gasteiger partial charge in [-0.05, 0) is 29.6 Å². The lowest BCUT2D eigenvalue weighted by Crippen LogP contribution is -2.33. The molecule has 0 saturated carbocycles. The second-order valence-electron chi connectivity index (χ2n) is 6.23.